The molecule has 2 aromatic rings. The molecular formula is C17H13NO2. The predicted molar refractivity (Wildman–Crippen MR) is 76.4 cm³/mol. The molecule has 1 spiro atoms. The van der Waals surface area contributed by atoms with Crippen molar-refractivity contribution in [3.05, 3.63) is 52.8 Å². The van der Waals surface area contributed by atoms with Crippen LogP contribution in [-0.4, -0.2) is 18.9 Å². The number of benzene rings is 1. The van der Waals surface area contributed by atoms with Crippen molar-refractivity contribution >= 4 is 24.1 Å². The van der Waals surface area contributed by atoms with Crippen LogP contribution in [0.3, 0.4) is 0 Å². The molecule has 0 radical (unpaired) electrons. The van der Waals surface area contributed by atoms with Gasteiger partial charge in [-0.2, -0.15) is 0 Å². The highest BCUT2D eigenvalue weighted by Crippen LogP contribution is 2.48. The average Bonchev–Trinajstić information content (AvgIpc) is 3.17. The van der Waals surface area contributed by atoms with Crippen LogP contribution in [0, 0.1) is 5.92 Å². The summed E-state index contributed by atoms with van der Waals surface area (Å²) in [5.41, 5.74) is 3.16. The van der Waals surface area contributed by atoms with Crippen LogP contribution in [0.25, 0.3) is 12.2 Å². The normalized spacial score (nSPS) is 32.4. The van der Waals surface area contributed by atoms with Gasteiger partial charge in [0.05, 0.1) is 30.1 Å². The number of fused-ring (bicyclic) bond motifs is 5. The molecule has 0 bridgehead atoms. The van der Waals surface area contributed by atoms with E-state index >= 15 is 0 Å². The van der Waals surface area contributed by atoms with E-state index in [2.05, 4.69) is 41.6 Å². The minimum Gasteiger partial charge on any atom is -0.465 e. The van der Waals surface area contributed by atoms with Crippen LogP contribution in [0.15, 0.2) is 46.0 Å². The summed E-state index contributed by atoms with van der Waals surface area (Å²) in [5, 5.41) is 1.16. The Bertz CT molecular complexity index is 848. The lowest BCUT2D eigenvalue weighted by atomic mass is 9.71. The molecule has 3 nitrogen and oxygen atoms in total. The molecule has 0 amide bonds. The molecule has 3 aliphatic rings. The molecule has 3 atom stereocenters. The van der Waals surface area contributed by atoms with E-state index in [-0.39, 0.29) is 11.5 Å². The average molecular weight is 263 g/mol. The van der Waals surface area contributed by atoms with Gasteiger partial charge in [-0.1, -0.05) is 24.3 Å². The van der Waals surface area contributed by atoms with Crippen LogP contribution in [-0.2, 0) is 10.2 Å². The Balaban J connectivity index is 1.74. The second kappa shape index (κ2) is 3.49. The van der Waals surface area contributed by atoms with Crippen molar-refractivity contribution in [3.8, 4) is 0 Å². The maximum Gasteiger partial charge on any atom is 0.132 e. The fourth-order valence-corrected chi connectivity index (χ4v) is 3.68. The molecule has 2 aliphatic heterocycles. The van der Waals surface area contributed by atoms with Gasteiger partial charge in [-0.15, -0.1) is 0 Å². The number of para-hydroxylation sites is 1. The zero-order chi connectivity index (χ0) is 13.2. The first-order valence-corrected chi connectivity index (χ1v) is 6.90. The third-order valence-corrected chi connectivity index (χ3v) is 4.70. The highest BCUT2D eigenvalue weighted by Gasteiger charge is 2.51. The lowest BCUT2D eigenvalue weighted by Crippen LogP contribution is -2.40. The first-order chi connectivity index (χ1) is 9.87. The van der Waals surface area contributed by atoms with Crippen molar-refractivity contribution in [2.24, 2.45) is 10.9 Å². The highest BCUT2D eigenvalue weighted by molar-refractivity contribution is 5.88. The van der Waals surface area contributed by atoms with Gasteiger partial charge in [-0.25, -0.2) is 0 Å². The maximum absolute atomic E-state index is 6.04. The van der Waals surface area contributed by atoms with E-state index < -0.39 is 0 Å². The summed E-state index contributed by atoms with van der Waals surface area (Å²) >= 11 is 0. The second-order valence-electron chi connectivity index (χ2n) is 5.69. The van der Waals surface area contributed by atoms with E-state index in [0.717, 1.165) is 16.3 Å². The molecule has 1 saturated heterocycles. The summed E-state index contributed by atoms with van der Waals surface area (Å²) < 4.78 is 11.5. The van der Waals surface area contributed by atoms with Gasteiger partial charge in [0.25, 0.3) is 0 Å². The minimum atomic E-state index is -0.118. The quantitative estimate of drug-likeness (QED) is 0.722. The Labute approximate surface area is 115 Å². The Morgan fingerprint density at radius 2 is 2.10 bits per heavy atom. The summed E-state index contributed by atoms with van der Waals surface area (Å²) in [5.74, 6) is 0.292. The third kappa shape index (κ3) is 1.17. The number of furan rings is 1. The molecule has 1 aromatic heterocycles. The van der Waals surface area contributed by atoms with Crippen LogP contribution in [0.1, 0.15) is 5.56 Å². The highest BCUT2D eigenvalue weighted by atomic mass is 16.5. The van der Waals surface area contributed by atoms with Gasteiger partial charge in [0.2, 0.25) is 0 Å². The largest absolute Gasteiger partial charge is 0.465 e. The van der Waals surface area contributed by atoms with Crippen molar-refractivity contribution < 1.29 is 9.15 Å². The fourth-order valence-electron chi connectivity index (χ4n) is 3.68. The smallest absolute Gasteiger partial charge is 0.132 e. The van der Waals surface area contributed by atoms with E-state index in [1.807, 2.05) is 12.1 Å². The summed E-state index contributed by atoms with van der Waals surface area (Å²) in [7, 11) is 0. The number of nitrogens with zero attached hydrogens (tertiary/aromatic N) is 1. The molecule has 98 valence electrons. The van der Waals surface area contributed by atoms with E-state index in [0.29, 0.717) is 12.5 Å². The van der Waals surface area contributed by atoms with Crippen molar-refractivity contribution in [2.75, 3.05) is 6.61 Å². The van der Waals surface area contributed by atoms with E-state index in [1.165, 1.54) is 5.56 Å². The van der Waals surface area contributed by atoms with Gasteiger partial charge in [0.15, 0.2) is 0 Å². The maximum atomic E-state index is 6.04. The zero-order valence-corrected chi connectivity index (χ0v) is 10.8. The lowest BCUT2D eigenvalue weighted by Gasteiger charge is -2.27. The van der Waals surface area contributed by atoms with Crippen molar-refractivity contribution in [1.82, 2.24) is 0 Å². The molecule has 0 saturated carbocycles. The predicted octanol–water partition coefficient (Wildman–Crippen LogP) is 1.52. The van der Waals surface area contributed by atoms with E-state index in [4.69, 9.17) is 9.15 Å². The third-order valence-electron chi connectivity index (χ3n) is 4.70. The Kier molecular flexibility index (Phi) is 1.86. The molecule has 20 heavy (non-hydrogen) atoms. The number of ether oxygens (including phenoxy) is 1. The first kappa shape index (κ1) is 10.6. The number of hydrogen-bond donors (Lipinski definition) is 0. The molecule has 3 heteroatoms. The molecule has 3 unspecified atom stereocenters. The van der Waals surface area contributed by atoms with Crippen LogP contribution in [0.4, 0.5) is 5.69 Å². The second-order valence-corrected chi connectivity index (χ2v) is 5.69. The summed E-state index contributed by atoms with van der Waals surface area (Å²) in [4.78, 5) is 4.61. The Morgan fingerprint density at radius 1 is 1.15 bits per heavy atom. The van der Waals surface area contributed by atoms with Crippen LogP contribution in [0.5, 0.6) is 0 Å². The van der Waals surface area contributed by atoms with Crippen LogP contribution in [0.2, 0.25) is 0 Å². The van der Waals surface area contributed by atoms with Gasteiger partial charge in [-0.05, 0) is 23.8 Å². The Hall–Kier alpha value is -2.13. The molecule has 1 aliphatic carbocycles. The molecule has 3 heterocycles. The van der Waals surface area contributed by atoms with Crippen molar-refractivity contribution in [2.45, 2.75) is 11.5 Å². The van der Waals surface area contributed by atoms with Gasteiger partial charge >= 0.3 is 0 Å². The van der Waals surface area contributed by atoms with Gasteiger partial charge in [-0.3, -0.25) is 4.99 Å². The topological polar surface area (TPSA) is 34.7 Å². The van der Waals surface area contributed by atoms with E-state index in [9.17, 15) is 0 Å². The monoisotopic (exact) mass is 263 g/mol. The van der Waals surface area contributed by atoms with Gasteiger partial charge < -0.3 is 9.15 Å². The fraction of sp³-hybridized carbons (Fsp3) is 0.235. The molecule has 5 rings (SSSR count). The standard InChI is InChI=1S/C17H13NO2/c1-2-4-14-12(3-1)17(9-18-14)10-20-16-8-15-11(5-6-19-15)7-13(16)17/h1-9,13,16H,10H2. The molecular weight excluding hydrogens is 250 g/mol. The summed E-state index contributed by atoms with van der Waals surface area (Å²) in [6, 6.07) is 10.4. The number of rotatable bonds is 0. The summed E-state index contributed by atoms with van der Waals surface area (Å²) in [6.45, 7) is 0.681. The number of hydrogen-bond acceptors (Lipinski definition) is 3. The van der Waals surface area contributed by atoms with Crippen LogP contribution >= 0.6 is 0 Å². The van der Waals surface area contributed by atoms with Crippen LogP contribution < -0.4 is 10.6 Å². The molecule has 1 aromatic carbocycles. The van der Waals surface area contributed by atoms with E-state index in [1.54, 1.807) is 6.26 Å². The molecule has 1 fully saturated rings. The first-order valence-electron chi connectivity index (χ1n) is 6.90. The van der Waals surface area contributed by atoms with Crippen molar-refractivity contribution in [3.63, 3.8) is 0 Å². The Morgan fingerprint density at radius 3 is 3.10 bits per heavy atom. The van der Waals surface area contributed by atoms with Gasteiger partial charge in [0.1, 0.15) is 5.42 Å². The lowest BCUT2D eigenvalue weighted by molar-refractivity contribution is 0.143. The van der Waals surface area contributed by atoms with Gasteiger partial charge in [0, 0.05) is 17.4 Å². The summed E-state index contributed by atoms with van der Waals surface area (Å²) in [6.07, 6.45) is 8.28. The number of aliphatic imine (C=N–C) groups is 1. The molecule has 0 N–H and O–H groups in total. The van der Waals surface area contributed by atoms with Crippen molar-refractivity contribution in [1.29, 1.82) is 0 Å². The zero-order valence-electron chi connectivity index (χ0n) is 10.8. The minimum absolute atomic E-state index is 0.0752. The SMILES string of the molecule is C1=Nc2ccccc2C12COC1C=c3occc3=CC12.